The molecule has 0 atom stereocenters. The van der Waals surface area contributed by atoms with Crippen LogP contribution in [0.2, 0.25) is 0 Å². The van der Waals surface area contributed by atoms with Gasteiger partial charge in [-0.2, -0.15) is 0 Å². The Morgan fingerprint density at radius 3 is 1.96 bits per heavy atom. The molecule has 0 aliphatic heterocycles. The van der Waals surface area contributed by atoms with E-state index in [1.807, 2.05) is 60.7 Å². The zero-order valence-electron chi connectivity index (χ0n) is 14.9. The van der Waals surface area contributed by atoms with Crippen molar-refractivity contribution in [1.29, 1.82) is 0 Å². The number of rotatable bonds is 7. The van der Waals surface area contributed by atoms with Gasteiger partial charge in [0.2, 0.25) is 5.82 Å². The Balaban J connectivity index is 2.10. The Morgan fingerprint density at radius 2 is 1.54 bits per heavy atom. The van der Waals surface area contributed by atoms with Crippen LogP contribution in [0.15, 0.2) is 66.9 Å². The van der Waals surface area contributed by atoms with E-state index in [2.05, 4.69) is 4.98 Å². The highest BCUT2D eigenvalue weighted by Crippen LogP contribution is 2.35. The number of pyridine rings is 1. The Hall–Kier alpha value is -3.94. The number of anilines is 2. The van der Waals surface area contributed by atoms with Crippen LogP contribution in [0.25, 0.3) is 0 Å². The summed E-state index contributed by atoms with van der Waals surface area (Å²) >= 11 is 0. The lowest BCUT2D eigenvalue weighted by atomic mass is 10.1. The number of nitrogens with zero attached hydrogens (tertiary/aromatic N) is 3. The van der Waals surface area contributed by atoms with Crippen LogP contribution in [0, 0.1) is 10.1 Å². The average Bonchev–Trinajstić information content (AvgIpc) is 2.68. The predicted octanol–water partition coefficient (Wildman–Crippen LogP) is 3.48. The molecule has 1 heterocycles. The van der Waals surface area contributed by atoms with Crippen LogP contribution in [0.4, 0.5) is 17.2 Å². The van der Waals surface area contributed by atoms with Gasteiger partial charge in [0.05, 0.1) is 4.92 Å². The van der Waals surface area contributed by atoms with Gasteiger partial charge in [0.25, 0.3) is 0 Å². The molecule has 3 N–H and O–H groups in total. The van der Waals surface area contributed by atoms with Gasteiger partial charge in [-0.1, -0.05) is 60.7 Å². The fraction of sp³-hybridized carbons (Fsp3) is 0.100. The highest BCUT2D eigenvalue weighted by atomic mass is 16.6. The van der Waals surface area contributed by atoms with Crippen LogP contribution in [-0.2, 0) is 13.1 Å². The van der Waals surface area contributed by atoms with E-state index in [1.54, 1.807) is 4.90 Å². The van der Waals surface area contributed by atoms with E-state index in [0.717, 1.165) is 17.3 Å². The number of benzene rings is 2. The molecule has 0 amide bonds. The van der Waals surface area contributed by atoms with Crippen molar-refractivity contribution in [3.63, 3.8) is 0 Å². The summed E-state index contributed by atoms with van der Waals surface area (Å²) < 4.78 is 0. The molecule has 0 bridgehead atoms. The lowest BCUT2D eigenvalue weighted by Crippen LogP contribution is -2.25. The van der Waals surface area contributed by atoms with Crippen molar-refractivity contribution in [3.05, 3.63) is 93.7 Å². The molecular formula is C20H18N4O4. The molecule has 28 heavy (non-hydrogen) atoms. The number of nitrogen functional groups attached to an aromatic ring is 1. The maximum Gasteiger partial charge on any atom is 0.339 e. The van der Waals surface area contributed by atoms with Crippen LogP contribution < -0.4 is 10.6 Å². The number of aromatic carboxylic acids is 1. The average molecular weight is 378 g/mol. The second-order valence-corrected chi connectivity index (χ2v) is 6.15. The van der Waals surface area contributed by atoms with Crippen LogP contribution in [0.3, 0.4) is 0 Å². The summed E-state index contributed by atoms with van der Waals surface area (Å²) in [6, 6.07) is 18.9. The second-order valence-electron chi connectivity index (χ2n) is 6.15. The van der Waals surface area contributed by atoms with Crippen LogP contribution >= 0.6 is 0 Å². The summed E-state index contributed by atoms with van der Waals surface area (Å²) in [6.07, 6.45) is 1.06. The molecule has 8 heteroatoms. The minimum absolute atomic E-state index is 0.0280. The molecule has 0 saturated carbocycles. The SMILES string of the molecule is Nc1c(C(=O)O)cnc(N(Cc2ccccc2)Cc2ccccc2)c1[N+](=O)[O-]. The number of carboxylic acid groups (broad SMARTS) is 1. The zero-order chi connectivity index (χ0) is 20.1. The summed E-state index contributed by atoms with van der Waals surface area (Å²) in [5.41, 5.74) is 6.36. The van der Waals surface area contributed by atoms with Gasteiger partial charge < -0.3 is 15.7 Å². The van der Waals surface area contributed by atoms with Gasteiger partial charge in [0.1, 0.15) is 11.3 Å². The topological polar surface area (TPSA) is 123 Å². The third-order valence-corrected chi connectivity index (χ3v) is 4.22. The van der Waals surface area contributed by atoms with E-state index in [9.17, 15) is 20.0 Å². The molecular weight excluding hydrogens is 360 g/mol. The molecule has 0 aliphatic carbocycles. The molecule has 0 fully saturated rings. The number of nitro groups is 1. The summed E-state index contributed by atoms with van der Waals surface area (Å²) in [7, 11) is 0. The number of aromatic nitrogens is 1. The Kier molecular flexibility index (Phi) is 5.50. The van der Waals surface area contributed by atoms with Gasteiger partial charge in [-0.15, -0.1) is 0 Å². The number of hydrogen-bond donors (Lipinski definition) is 2. The molecule has 0 aliphatic rings. The molecule has 142 valence electrons. The molecule has 0 spiro atoms. The minimum atomic E-state index is -1.36. The van der Waals surface area contributed by atoms with Crippen LogP contribution in [-0.4, -0.2) is 21.0 Å². The summed E-state index contributed by atoms with van der Waals surface area (Å²) in [4.78, 5) is 28.1. The fourth-order valence-corrected chi connectivity index (χ4v) is 2.90. The zero-order valence-corrected chi connectivity index (χ0v) is 14.9. The lowest BCUT2D eigenvalue weighted by molar-refractivity contribution is -0.383. The predicted molar refractivity (Wildman–Crippen MR) is 105 cm³/mol. The number of carbonyl (C=O) groups is 1. The second kappa shape index (κ2) is 8.17. The smallest absolute Gasteiger partial charge is 0.339 e. The van der Waals surface area contributed by atoms with Gasteiger partial charge in [-0.25, -0.2) is 9.78 Å². The Morgan fingerprint density at radius 1 is 1.04 bits per heavy atom. The maximum atomic E-state index is 11.7. The summed E-state index contributed by atoms with van der Waals surface area (Å²) in [5, 5.41) is 20.9. The first kappa shape index (κ1) is 18.8. The highest BCUT2D eigenvalue weighted by molar-refractivity contribution is 5.97. The van der Waals surface area contributed by atoms with Crippen LogP contribution in [0.1, 0.15) is 21.5 Å². The largest absolute Gasteiger partial charge is 0.478 e. The van der Waals surface area contributed by atoms with Crippen molar-refractivity contribution in [2.24, 2.45) is 0 Å². The highest BCUT2D eigenvalue weighted by Gasteiger charge is 2.29. The molecule has 8 nitrogen and oxygen atoms in total. The third-order valence-electron chi connectivity index (χ3n) is 4.22. The molecule has 3 aromatic rings. The van der Waals surface area contributed by atoms with E-state index in [4.69, 9.17) is 5.73 Å². The van der Waals surface area contributed by atoms with Crippen molar-refractivity contribution in [2.75, 3.05) is 10.6 Å². The molecule has 0 saturated heterocycles. The van der Waals surface area contributed by atoms with Crippen molar-refractivity contribution in [1.82, 2.24) is 4.98 Å². The van der Waals surface area contributed by atoms with Gasteiger partial charge in [0.15, 0.2) is 0 Å². The standard InChI is InChI=1S/C20H18N4O4/c21-17-16(20(25)26)11-22-19(18(17)24(27)28)23(12-14-7-3-1-4-8-14)13-15-9-5-2-6-10-15/h1-11H,12-13H2,(H2,21,22)(H,25,26). The van der Waals surface area contributed by atoms with Gasteiger partial charge in [-0.05, 0) is 11.1 Å². The third kappa shape index (κ3) is 4.07. The number of carboxylic acids is 1. The molecule has 3 rings (SSSR count). The van der Waals surface area contributed by atoms with E-state index >= 15 is 0 Å². The normalized spacial score (nSPS) is 10.4. The maximum absolute atomic E-state index is 11.7. The summed E-state index contributed by atoms with van der Waals surface area (Å²) in [6.45, 7) is 0.685. The van der Waals surface area contributed by atoms with E-state index < -0.39 is 27.8 Å². The number of hydrogen-bond acceptors (Lipinski definition) is 6. The molecule has 1 aromatic heterocycles. The van der Waals surface area contributed by atoms with Crippen molar-refractivity contribution in [3.8, 4) is 0 Å². The van der Waals surface area contributed by atoms with E-state index in [-0.39, 0.29) is 5.82 Å². The molecule has 2 aromatic carbocycles. The molecule has 0 unspecified atom stereocenters. The monoisotopic (exact) mass is 378 g/mol. The number of nitrogens with two attached hydrogens (primary N) is 1. The molecule has 0 radical (unpaired) electrons. The van der Waals surface area contributed by atoms with Gasteiger partial charge >= 0.3 is 11.7 Å². The van der Waals surface area contributed by atoms with E-state index in [1.165, 1.54) is 0 Å². The van der Waals surface area contributed by atoms with Gasteiger partial charge in [0, 0.05) is 19.3 Å². The Labute approximate surface area is 161 Å². The summed E-state index contributed by atoms with van der Waals surface area (Å²) in [5.74, 6) is -1.34. The van der Waals surface area contributed by atoms with Crippen molar-refractivity contribution < 1.29 is 14.8 Å². The lowest BCUT2D eigenvalue weighted by Gasteiger charge is -2.24. The fourth-order valence-electron chi connectivity index (χ4n) is 2.90. The first-order valence-corrected chi connectivity index (χ1v) is 8.46. The first-order valence-electron chi connectivity index (χ1n) is 8.46. The quantitative estimate of drug-likeness (QED) is 0.476. The minimum Gasteiger partial charge on any atom is -0.478 e. The first-order chi connectivity index (χ1) is 13.5. The Bertz CT molecular complexity index is 952. The van der Waals surface area contributed by atoms with E-state index in [0.29, 0.717) is 13.1 Å². The van der Waals surface area contributed by atoms with Gasteiger partial charge in [-0.3, -0.25) is 10.1 Å². The van der Waals surface area contributed by atoms with Crippen LogP contribution in [0.5, 0.6) is 0 Å². The van der Waals surface area contributed by atoms with Crippen molar-refractivity contribution in [2.45, 2.75) is 13.1 Å². The van der Waals surface area contributed by atoms with Crippen molar-refractivity contribution >= 4 is 23.2 Å².